The molecule has 0 aliphatic heterocycles. The number of rotatable bonds is 72. The van der Waals surface area contributed by atoms with Gasteiger partial charge in [-0.15, -0.1) is 0 Å². The fourth-order valence-corrected chi connectivity index (χ4v) is 12.9. The van der Waals surface area contributed by atoms with Gasteiger partial charge in [-0.25, -0.2) is 9.13 Å². The zero-order valence-corrected chi connectivity index (χ0v) is 63.4. The van der Waals surface area contributed by atoms with Crippen LogP contribution in [0.15, 0.2) is 0 Å². The van der Waals surface area contributed by atoms with Crippen LogP contribution in [0.5, 0.6) is 0 Å². The summed E-state index contributed by atoms with van der Waals surface area (Å²) in [6, 6.07) is 0. The predicted molar refractivity (Wildman–Crippen MR) is 381 cm³/mol. The molecule has 558 valence electrons. The molecule has 0 aromatic carbocycles. The summed E-state index contributed by atoms with van der Waals surface area (Å²) < 4.78 is 68.5. The van der Waals surface area contributed by atoms with Crippen LogP contribution in [0, 0.1) is 23.7 Å². The van der Waals surface area contributed by atoms with E-state index >= 15 is 0 Å². The number of carbonyl (C=O) groups excluding carboxylic acids is 4. The molecule has 0 radical (unpaired) electrons. The minimum absolute atomic E-state index is 0.104. The van der Waals surface area contributed by atoms with Crippen LogP contribution < -0.4 is 0 Å². The van der Waals surface area contributed by atoms with E-state index < -0.39 is 97.5 Å². The molecule has 0 amide bonds. The van der Waals surface area contributed by atoms with Gasteiger partial charge in [-0.1, -0.05) is 325 Å². The Bertz CT molecular complexity index is 1850. The summed E-state index contributed by atoms with van der Waals surface area (Å²) in [5.74, 6) is 0.927. The van der Waals surface area contributed by atoms with Crippen molar-refractivity contribution in [2.45, 2.75) is 395 Å². The summed E-state index contributed by atoms with van der Waals surface area (Å²) in [6.07, 6.45) is 48.6. The zero-order chi connectivity index (χ0) is 69.6. The number of ether oxygens (including phenoxy) is 4. The molecular formula is C75H146O17P2. The van der Waals surface area contributed by atoms with Crippen molar-refractivity contribution in [1.29, 1.82) is 0 Å². The first kappa shape index (κ1) is 92.1. The fraction of sp³-hybridized carbons (Fsp3) is 0.947. The third-order valence-corrected chi connectivity index (χ3v) is 19.6. The molecule has 0 saturated heterocycles. The topological polar surface area (TPSA) is 237 Å². The Morgan fingerprint density at radius 2 is 0.511 bits per heavy atom. The lowest BCUT2D eigenvalue weighted by Crippen LogP contribution is -2.30. The van der Waals surface area contributed by atoms with Gasteiger partial charge in [0.05, 0.1) is 26.4 Å². The predicted octanol–water partition coefficient (Wildman–Crippen LogP) is 21.7. The molecule has 19 heteroatoms. The minimum atomic E-state index is -4.96. The van der Waals surface area contributed by atoms with Gasteiger partial charge >= 0.3 is 39.5 Å². The van der Waals surface area contributed by atoms with E-state index in [2.05, 4.69) is 55.4 Å². The van der Waals surface area contributed by atoms with E-state index in [1.807, 2.05) is 0 Å². The summed E-state index contributed by atoms with van der Waals surface area (Å²) in [6.45, 7) is 14.2. The first-order valence-electron chi connectivity index (χ1n) is 38.7. The molecule has 0 aromatic heterocycles. The summed E-state index contributed by atoms with van der Waals surface area (Å²) in [5, 5.41) is 10.6. The molecule has 0 aromatic rings. The largest absolute Gasteiger partial charge is 0.472 e. The van der Waals surface area contributed by atoms with Crippen molar-refractivity contribution in [3.05, 3.63) is 0 Å². The first-order chi connectivity index (χ1) is 45.1. The highest BCUT2D eigenvalue weighted by Crippen LogP contribution is 2.45. The summed E-state index contributed by atoms with van der Waals surface area (Å²) in [4.78, 5) is 72.8. The summed E-state index contributed by atoms with van der Waals surface area (Å²) >= 11 is 0. The first-order valence-corrected chi connectivity index (χ1v) is 41.7. The smallest absolute Gasteiger partial charge is 0.462 e. The van der Waals surface area contributed by atoms with E-state index in [9.17, 15) is 43.2 Å². The van der Waals surface area contributed by atoms with Gasteiger partial charge in [0.15, 0.2) is 12.2 Å². The zero-order valence-electron chi connectivity index (χ0n) is 61.6. The number of unbranched alkanes of at least 4 members (excludes halogenated alkanes) is 37. The van der Waals surface area contributed by atoms with Gasteiger partial charge in [0, 0.05) is 25.7 Å². The van der Waals surface area contributed by atoms with E-state index in [-0.39, 0.29) is 25.7 Å². The van der Waals surface area contributed by atoms with Crippen LogP contribution in [0.1, 0.15) is 376 Å². The van der Waals surface area contributed by atoms with Gasteiger partial charge < -0.3 is 33.8 Å². The van der Waals surface area contributed by atoms with Crippen molar-refractivity contribution in [2.75, 3.05) is 39.6 Å². The second-order valence-electron chi connectivity index (χ2n) is 28.7. The highest BCUT2D eigenvalue weighted by molar-refractivity contribution is 7.47. The highest BCUT2D eigenvalue weighted by Gasteiger charge is 2.30. The Hall–Kier alpha value is -1.94. The number of hydrogen-bond donors (Lipinski definition) is 3. The van der Waals surface area contributed by atoms with Crippen molar-refractivity contribution in [3.8, 4) is 0 Å². The Labute approximate surface area is 575 Å². The standard InChI is InChI=1S/C75H146O17P2/c1-9-68(8)54-46-38-30-24-25-33-42-50-58-75(80)92-71(62-86-73(78)56-48-40-34-26-29-37-45-53-67(6)7)64-90-94(83,84)88-60-69(76)59-87-93(81,82)89-63-70(91-74(79)57-49-41-32-23-19-15-14-17-21-28-36-44-52-66(4)5)61-85-72(77)55-47-39-31-22-18-13-11-10-12-16-20-27-35-43-51-65(2)3/h65-71,76H,9-64H2,1-8H3,(H,81,82)(H,83,84)/t68?,69?,70-,71-/m1/s1. The number of phosphoric ester groups is 2. The van der Waals surface area contributed by atoms with Crippen LogP contribution in [-0.2, 0) is 65.4 Å². The molecule has 0 saturated carbocycles. The Kier molecular flexibility index (Phi) is 63.1. The molecule has 0 bridgehead atoms. The second kappa shape index (κ2) is 64.4. The fourth-order valence-electron chi connectivity index (χ4n) is 11.3. The normalized spacial score (nSPS) is 14.4. The van der Waals surface area contributed by atoms with Crippen LogP contribution in [0.25, 0.3) is 0 Å². The summed E-state index contributed by atoms with van der Waals surface area (Å²) in [7, 11) is -9.91. The number of aliphatic hydroxyl groups excluding tert-OH is 1. The molecule has 0 rings (SSSR count). The molecule has 0 fully saturated rings. The lowest BCUT2D eigenvalue weighted by molar-refractivity contribution is -0.161. The molecule has 0 aliphatic carbocycles. The average Bonchev–Trinajstić information content (AvgIpc) is 1.43. The van der Waals surface area contributed by atoms with Crippen molar-refractivity contribution in [2.24, 2.45) is 23.7 Å². The van der Waals surface area contributed by atoms with Crippen molar-refractivity contribution >= 4 is 39.5 Å². The maximum Gasteiger partial charge on any atom is 0.472 e. The van der Waals surface area contributed by atoms with E-state index in [1.54, 1.807) is 0 Å². The third-order valence-electron chi connectivity index (χ3n) is 17.7. The molecule has 94 heavy (non-hydrogen) atoms. The van der Waals surface area contributed by atoms with E-state index in [1.165, 1.54) is 173 Å². The van der Waals surface area contributed by atoms with Gasteiger partial charge in [-0.2, -0.15) is 0 Å². The average molecular weight is 1380 g/mol. The number of carbonyl (C=O) groups is 4. The van der Waals surface area contributed by atoms with Gasteiger partial charge in [-0.05, 0) is 49.4 Å². The van der Waals surface area contributed by atoms with Crippen molar-refractivity contribution < 1.29 is 80.2 Å². The Morgan fingerprint density at radius 3 is 0.755 bits per heavy atom. The number of aliphatic hydroxyl groups is 1. The van der Waals surface area contributed by atoms with Gasteiger partial charge in [0.25, 0.3) is 0 Å². The third kappa shape index (κ3) is 67.3. The van der Waals surface area contributed by atoms with Crippen molar-refractivity contribution in [3.63, 3.8) is 0 Å². The number of esters is 4. The van der Waals surface area contributed by atoms with Gasteiger partial charge in [0.2, 0.25) is 0 Å². The Morgan fingerprint density at radius 1 is 0.298 bits per heavy atom. The van der Waals surface area contributed by atoms with Crippen LogP contribution in [-0.4, -0.2) is 96.7 Å². The molecule has 0 spiro atoms. The van der Waals surface area contributed by atoms with Crippen LogP contribution >= 0.6 is 15.6 Å². The van der Waals surface area contributed by atoms with E-state index in [0.29, 0.717) is 31.6 Å². The molecule has 0 heterocycles. The monoisotopic (exact) mass is 1380 g/mol. The highest BCUT2D eigenvalue weighted by atomic mass is 31.2. The second-order valence-corrected chi connectivity index (χ2v) is 31.6. The van der Waals surface area contributed by atoms with Gasteiger partial charge in [-0.3, -0.25) is 37.3 Å². The minimum Gasteiger partial charge on any atom is -0.462 e. The van der Waals surface area contributed by atoms with E-state index in [0.717, 1.165) is 114 Å². The maximum absolute atomic E-state index is 13.1. The maximum atomic E-state index is 13.1. The molecular weight excluding hydrogens is 1230 g/mol. The molecule has 4 unspecified atom stereocenters. The van der Waals surface area contributed by atoms with E-state index in [4.69, 9.17) is 37.0 Å². The van der Waals surface area contributed by atoms with Crippen LogP contribution in [0.2, 0.25) is 0 Å². The number of phosphoric acid groups is 2. The molecule has 3 N–H and O–H groups in total. The van der Waals surface area contributed by atoms with Gasteiger partial charge in [0.1, 0.15) is 19.3 Å². The Balaban J connectivity index is 5.25. The lowest BCUT2D eigenvalue weighted by atomic mass is 9.99. The van der Waals surface area contributed by atoms with Crippen LogP contribution in [0.4, 0.5) is 0 Å². The SMILES string of the molecule is CCC(C)CCCCCCCCCCC(=O)O[C@H](COC(=O)CCCCCCCCCC(C)C)COP(=O)(O)OCC(O)COP(=O)(O)OC[C@@H](COC(=O)CCCCCCCCCCCCCCCCC(C)C)OC(=O)CCCCCCCCCCCCCCC(C)C. The van der Waals surface area contributed by atoms with Crippen molar-refractivity contribution in [1.82, 2.24) is 0 Å². The molecule has 17 nitrogen and oxygen atoms in total. The summed E-state index contributed by atoms with van der Waals surface area (Å²) in [5.41, 5.74) is 0. The van der Waals surface area contributed by atoms with Crippen LogP contribution in [0.3, 0.4) is 0 Å². The molecule has 6 atom stereocenters. The lowest BCUT2D eigenvalue weighted by Gasteiger charge is -2.21. The number of hydrogen-bond acceptors (Lipinski definition) is 15. The quantitative estimate of drug-likeness (QED) is 0.0222. The molecule has 0 aliphatic rings.